The topological polar surface area (TPSA) is 27.1 Å². The first-order valence-corrected chi connectivity index (χ1v) is 5.97. The highest BCUT2D eigenvalue weighted by atomic mass is 35.5. The van der Waals surface area contributed by atoms with Gasteiger partial charge in [0, 0.05) is 22.4 Å². The monoisotopic (exact) mass is 270 g/mol. The fraction of sp³-hybridized carbons (Fsp3) is 0.250. The van der Waals surface area contributed by atoms with Gasteiger partial charge in [-0.1, -0.05) is 23.2 Å². The van der Waals surface area contributed by atoms with E-state index < -0.39 is 0 Å². The Morgan fingerprint density at radius 2 is 1.94 bits per heavy atom. The number of rotatable bonds is 4. The normalized spacial score (nSPS) is 10.5. The Balaban J connectivity index is 1.92. The Morgan fingerprint density at radius 3 is 2.53 bits per heavy atom. The summed E-state index contributed by atoms with van der Waals surface area (Å²) in [6.07, 6.45) is 3.69. The first kappa shape index (κ1) is 12.3. The summed E-state index contributed by atoms with van der Waals surface area (Å²) in [7, 11) is 0. The summed E-state index contributed by atoms with van der Waals surface area (Å²) in [5, 5.41) is 1.15. The van der Waals surface area contributed by atoms with Crippen molar-refractivity contribution in [2.24, 2.45) is 0 Å². The number of aryl methyl sites for hydroxylation is 1. The van der Waals surface area contributed by atoms with Crippen LogP contribution in [-0.4, -0.2) is 16.2 Å². The molecule has 2 rings (SSSR count). The summed E-state index contributed by atoms with van der Waals surface area (Å²) in [6, 6.07) is 5.17. The van der Waals surface area contributed by atoms with Crippen molar-refractivity contribution in [1.29, 1.82) is 0 Å². The SMILES string of the molecule is Cc1nccn1CCOc1cc(Cl)cc(Cl)c1. The fourth-order valence-electron chi connectivity index (χ4n) is 1.51. The third-order valence-electron chi connectivity index (χ3n) is 2.36. The minimum absolute atomic E-state index is 0.549. The molecule has 2 aromatic rings. The number of ether oxygens (including phenoxy) is 1. The van der Waals surface area contributed by atoms with E-state index in [-0.39, 0.29) is 0 Å². The van der Waals surface area contributed by atoms with Gasteiger partial charge in [-0.25, -0.2) is 4.98 Å². The third-order valence-corrected chi connectivity index (χ3v) is 2.80. The number of hydrogen-bond donors (Lipinski definition) is 0. The van der Waals surface area contributed by atoms with Crippen LogP contribution >= 0.6 is 23.2 Å². The summed E-state index contributed by atoms with van der Waals surface area (Å²) in [4.78, 5) is 4.14. The molecule has 0 radical (unpaired) electrons. The van der Waals surface area contributed by atoms with Crippen molar-refractivity contribution in [2.75, 3.05) is 6.61 Å². The molecule has 3 nitrogen and oxygen atoms in total. The van der Waals surface area contributed by atoms with E-state index in [2.05, 4.69) is 4.98 Å². The van der Waals surface area contributed by atoms with Crippen LogP contribution in [0.5, 0.6) is 5.75 Å². The molecular formula is C12H12Cl2N2O. The van der Waals surface area contributed by atoms with Gasteiger partial charge in [0.2, 0.25) is 0 Å². The van der Waals surface area contributed by atoms with Crippen molar-refractivity contribution in [1.82, 2.24) is 9.55 Å². The lowest BCUT2D eigenvalue weighted by Gasteiger charge is -2.08. The highest BCUT2D eigenvalue weighted by Gasteiger charge is 2.00. The molecule has 1 aromatic heterocycles. The first-order chi connectivity index (χ1) is 8.15. The summed E-state index contributed by atoms with van der Waals surface area (Å²) >= 11 is 11.7. The summed E-state index contributed by atoms with van der Waals surface area (Å²) in [6.45, 7) is 3.25. The molecular weight excluding hydrogens is 259 g/mol. The molecule has 0 spiro atoms. The molecule has 0 fully saturated rings. The number of nitrogens with zero attached hydrogens (tertiary/aromatic N) is 2. The van der Waals surface area contributed by atoms with Gasteiger partial charge < -0.3 is 9.30 Å². The van der Waals surface area contributed by atoms with Crippen LogP contribution in [0, 0.1) is 6.92 Å². The van der Waals surface area contributed by atoms with Gasteiger partial charge in [-0.05, 0) is 25.1 Å². The number of hydrogen-bond acceptors (Lipinski definition) is 2. The quantitative estimate of drug-likeness (QED) is 0.849. The zero-order valence-electron chi connectivity index (χ0n) is 9.36. The molecule has 0 atom stereocenters. The van der Waals surface area contributed by atoms with E-state index in [4.69, 9.17) is 27.9 Å². The Bertz CT molecular complexity index is 491. The lowest BCUT2D eigenvalue weighted by atomic mass is 10.3. The highest BCUT2D eigenvalue weighted by Crippen LogP contribution is 2.24. The standard InChI is InChI=1S/C12H12Cl2N2O/c1-9-15-2-3-16(9)4-5-17-12-7-10(13)6-11(14)8-12/h2-3,6-8H,4-5H2,1H3. The average molecular weight is 271 g/mol. The third kappa shape index (κ3) is 3.38. The lowest BCUT2D eigenvalue weighted by molar-refractivity contribution is 0.297. The molecule has 0 aliphatic carbocycles. The van der Waals surface area contributed by atoms with E-state index in [0.29, 0.717) is 22.4 Å². The van der Waals surface area contributed by atoms with Crippen LogP contribution in [0.3, 0.4) is 0 Å². The minimum Gasteiger partial charge on any atom is -0.492 e. The van der Waals surface area contributed by atoms with Crippen molar-refractivity contribution in [2.45, 2.75) is 13.5 Å². The Morgan fingerprint density at radius 1 is 1.24 bits per heavy atom. The largest absolute Gasteiger partial charge is 0.492 e. The van der Waals surface area contributed by atoms with Crippen LogP contribution in [0.4, 0.5) is 0 Å². The number of imidazole rings is 1. The molecule has 0 unspecified atom stereocenters. The molecule has 1 aromatic carbocycles. The molecule has 0 aliphatic heterocycles. The van der Waals surface area contributed by atoms with Crippen molar-refractivity contribution in [3.63, 3.8) is 0 Å². The van der Waals surface area contributed by atoms with Gasteiger partial charge in [-0.2, -0.15) is 0 Å². The predicted molar refractivity (Wildman–Crippen MR) is 68.9 cm³/mol. The van der Waals surface area contributed by atoms with Crippen molar-refractivity contribution in [3.8, 4) is 5.75 Å². The van der Waals surface area contributed by atoms with Gasteiger partial charge in [0.15, 0.2) is 0 Å². The highest BCUT2D eigenvalue weighted by molar-refractivity contribution is 6.34. The zero-order chi connectivity index (χ0) is 12.3. The second-order valence-corrected chi connectivity index (χ2v) is 4.49. The molecule has 90 valence electrons. The van der Waals surface area contributed by atoms with Gasteiger partial charge in [0.05, 0.1) is 6.54 Å². The second kappa shape index (κ2) is 5.43. The molecule has 5 heteroatoms. The molecule has 0 saturated heterocycles. The average Bonchev–Trinajstić information content (AvgIpc) is 2.63. The van der Waals surface area contributed by atoms with Crippen LogP contribution in [-0.2, 0) is 6.54 Å². The zero-order valence-corrected chi connectivity index (χ0v) is 10.9. The second-order valence-electron chi connectivity index (χ2n) is 3.62. The summed E-state index contributed by atoms with van der Waals surface area (Å²) in [5.41, 5.74) is 0. The molecule has 1 heterocycles. The molecule has 0 N–H and O–H groups in total. The molecule has 0 aliphatic rings. The maximum absolute atomic E-state index is 5.87. The minimum atomic E-state index is 0.549. The van der Waals surface area contributed by atoms with Crippen LogP contribution in [0.15, 0.2) is 30.6 Å². The van der Waals surface area contributed by atoms with Gasteiger partial charge in [0.25, 0.3) is 0 Å². The van der Waals surface area contributed by atoms with Crippen molar-refractivity contribution in [3.05, 3.63) is 46.5 Å². The Labute approximate surface area is 110 Å². The van der Waals surface area contributed by atoms with Gasteiger partial charge in [-0.3, -0.25) is 0 Å². The van der Waals surface area contributed by atoms with Crippen molar-refractivity contribution < 1.29 is 4.74 Å². The van der Waals surface area contributed by atoms with E-state index in [9.17, 15) is 0 Å². The van der Waals surface area contributed by atoms with E-state index in [1.54, 1.807) is 24.4 Å². The number of aromatic nitrogens is 2. The van der Waals surface area contributed by atoms with Crippen LogP contribution in [0.25, 0.3) is 0 Å². The van der Waals surface area contributed by atoms with Gasteiger partial charge in [0.1, 0.15) is 18.2 Å². The maximum atomic E-state index is 5.87. The summed E-state index contributed by atoms with van der Waals surface area (Å²) in [5.74, 6) is 1.65. The molecule has 17 heavy (non-hydrogen) atoms. The van der Waals surface area contributed by atoms with Gasteiger partial charge >= 0.3 is 0 Å². The summed E-state index contributed by atoms with van der Waals surface area (Å²) < 4.78 is 7.60. The number of benzene rings is 1. The van der Waals surface area contributed by atoms with Crippen molar-refractivity contribution >= 4 is 23.2 Å². The van der Waals surface area contributed by atoms with Crippen LogP contribution in [0.1, 0.15) is 5.82 Å². The van der Waals surface area contributed by atoms with E-state index in [1.165, 1.54) is 0 Å². The van der Waals surface area contributed by atoms with E-state index in [1.807, 2.05) is 17.7 Å². The molecule has 0 amide bonds. The smallest absolute Gasteiger partial charge is 0.122 e. The maximum Gasteiger partial charge on any atom is 0.122 e. The number of halogens is 2. The van der Waals surface area contributed by atoms with Crippen LogP contribution < -0.4 is 4.74 Å². The Kier molecular flexibility index (Phi) is 3.92. The van der Waals surface area contributed by atoms with Crippen LogP contribution in [0.2, 0.25) is 10.0 Å². The molecule has 0 saturated carbocycles. The van der Waals surface area contributed by atoms with Gasteiger partial charge in [-0.15, -0.1) is 0 Å². The lowest BCUT2D eigenvalue weighted by Crippen LogP contribution is -2.08. The molecule has 0 bridgehead atoms. The first-order valence-electron chi connectivity index (χ1n) is 5.22. The van der Waals surface area contributed by atoms with E-state index >= 15 is 0 Å². The Hall–Kier alpha value is -1.19. The fourth-order valence-corrected chi connectivity index (χ4v) is 2.02. The van der Waals surface area contributed by atoms with E-state index in [0.717, 1.165) is 12.4 Å². The predicted octanol–water partition coefficient (Wildman–Crippen LogP) is 3.58.